The third-order valence-electron chi connectivity index (χ3n) is 7.68. The Morgan fingerprint density at radius 3 is 2.35 bits per heavy atom. The first kappa shape index (κ1) is 26.6. The zero-order valence-corrected chi connectivity index (χ0v) is 22.0. The molecule has 0 bridgehead atoms. The van der Waals surface area contributed by atoms with Crippen LogP contribution in [0.2, 0.25) is 0 Å². The Morgan fingerprint density at radius 1 is 0.941 bits per heavy atom. The van der Waals surface area contributed by atoms with Gasteiger partial charge in [0.05, 0.1) is 0 Å². The minimum absolute atomic E-state index is 0. The fourth-order valence-corrected chi connectivity index (χ4v) is 5.83. The number of hydrogen-bond acceptors (Lipinski definition) is 2. The molecule has 0 saturated heterocycles. The first-order chi connectivity index (χ1) is 15.5. The minimum Gasteiger partial charge on any atom is -0.361 e. The van der Waals surface area contributed by atoms with Crippen LogP contribution in [-0.2, 0) is 12.0 Å². The van der Waals surface area contributed by atoms with Crippen LogP contribution in [0.1, 0.15) is 43.7 Å². The monoisotopic (exact) mass is 497 g/mol. The van der Waals surface area contributed by atoms with Gasteiger partial charge in [-0.3, -0.25) is 4.90 Å². The number of benzene rings is 3. The van der Waals surface area contributed by atoms with Crippen molar-refractivity contribution >= 4 is 46.5 Å². The van der Waals surface area contributed by atoms with E-state index in [1.54, 1.807) is 0 Å². The summed E-state index contributed by atoms with van der Waals surface area (Å²) in [4.78, 5) is 5.88. The number of fused-ring (bicyclic) bond motifs is 2. The molecule has 1 atom stereocenters. The van der Waals surface area contributed by atoms with Gasteiger partial charge in [0.15, 0.2) is 0 Å². The van der Waals surface area contributed by atoms with Gasteiger partial charge in [-0.1, -0.05) is 54.6 Å². The smallest absolute Gasteiger partial charge is 0.0456 e. The van der Waals surface area contributed by atoms with Gasteiger partial charge in [-0.2, -0.15) is 0 Å². The van der Waals surface area contributed by atoms with Crippen LogP contribution in [0.3, 0.4) is 0 Å². The molecule has 1 saturated carbocycles. The van der Waals surface area contributed by atoms with Gasteiger partial charge in [0.2, 0.25) is 0 Å². The highest BCUT2D eigenvalue weighted by molar-refractivity contribution is 5.86. The second-order valence-electron chi connectivity index (χ2n) is 9.89. The quantitative estimate of drug-likeness (QED) is 0.298. The number of halogens is 2. The lowest BCUT2D eigenvalue weighted by atomic mass is 9.73. The van der Waals surface area contributed by atoms with E-state index in [0.29, 0.717) is 12.1 Å². The molecule has 4 aromatic rings. The summed E-state index contributed by atoms with van der Waals surface area (Å²) in [7, 11) is 4.51. The summed E-state index contributed by atoms with van der Waals surface area (Å²) >= 11 is 0. The topological polar surface area (TPSA) is 31.1 Å². The number of nitrogens with zero attached hydrogens (tertiary/aromatic N) is 1. The molecule has 3 aromatic carbocycles. The van der Waals surface area contributed by atoms with E-state index in [1.807, 2.05) is 0 Å². The normalized spacial score (nSPS) is 21.2. The molecule has 34 heavy (non-hydrogen) atoms. The zero-order valence-electron chi connectivity index (χ0n) is 20.4. The molecule has 2 N–H and O–H groups in total. The molecule has 3 nitrogen and oxygen atoms in total. The Bertz CT molecular complexity index is 1210. The molecule has 5 heteroatoms. The number of hydrogen-bond donors (Lipinski definition) is 2. The highest BCUT2D eigenvalue weighted by Gasteiger charge is 2.39. The molecule has 182 valence electrons. The van der Waals surface area contributed by atoms with E-state index in [2.05, 4.69) is 109 Å². The number of H-pyrrole nitrogens is 1. The third-order valence-corrected chi connectivity index (χ3v) is 7.68. The van der Waals surface area contributed by atoms with Crippen LogP contribution in [0.4, 0.5) is 0 Å². The van der Waals surface area contributed by atoms with Crippen LogP contribution in [0, 0.1) is 0 Å². The summed E-state index contributed by atoms with van der Waals surface area (Å²) < 4.78 is 0. The van der Waals surface area contributed by atoms with E-state index >= 15 is 0 Å². The number of aromatic amines is 1. The van der Waals surface area contributed by atoms with E-state index in [1.165, 1.54) is 58.5 Å². The van der Waals surface area contributed by atoms with E-state index in [0.717, 1.165) is 6.42 Å². The van der Waals surface area contributed by atoms with E-state index in [-0.39, 0.29) is 30.4 Å². The van der Waals surface area contributed by atoms with Gasteiger partial charge in [0.25, 0.3) is 0 Å². The van der Waals surface area contributed by atoms with Gasteiger partial charge in [-0.05, 0) is 87.2 Å². The van der Waals surface area contributed by atoms with Gasteiger partial charge < -0.3 is 10.3 Å². The van der Waals surface area contributed by atoms with Crippen molar-refractivity contribution in [2.45, 2.75) is 56.7 Å². The van der Waals surface area contributed by atoms with E-state index in [9.17, 15) is 0 Å². The lowest BCUT2D eigenvalue weighted by Gasteiger charge is -2.46. The molecule has 0 aliphatic heterocycles. The van der Waals surface area contributed by atoms with Crippen LogP contribution in [-0.4, -0.2) is 36.1 Å². The molecule has 1 aliphatic rings. The Balaban J connectivity index is 0.00000162. The fourth-order valence-electron chi connectivity index (χ4n) is 5.83. The molecule has 1 unspecified atom stereocenters. The molecule has 0 radical (unpaired) electrons. The number of rotatable bonds is 6. The van der Waals surface area contributed by atoms with Crippen molar-refractivity contribution in [3.63, 3.8) is 0 Å². The zero-order chi connectivity index (χ0) is 22.1. The molecule has 1 heterocycles. The average molecular weight is 499 g/mol. The Kier molecular flexibility index (Phi) is 8.70. The van der Waals surface area contributed by atoms with Gasteiger partial charge in [-0.25, -0.2) is 0 Å². The third kappa shape index (κ3) is 5.13. The Labute approximate surface area is 216 Å². The first-order valence-electron chi connectivity index (χ1n) is 12.0. The summed E-state index contributed by atoms with van der Waals surface area (Å²) in [6, 6.07) is 25.4. The van der Waals surface area contributed by atoms with Gasteiger partial charge in [0.1, 0.15) is 0 Å². The summed E-state index contributed by atoms with van der Waals surface area (Å²) in [6.07, 6.45) is 8.04. The van der Waals surface area contributed by atoms with Crippen molar-refractivity contribution in [1.82, 2.24) is 15.2 Å². The maximum Gasteiger partial charge on any atom is 0.0456 e. The highest BCUT2D eigenvalue weighted by Crippen LogP contribution is 2.42. The van der Waals surface area contributed by atoms with Crippen LogP contribution < -0.4 is 5.32 Å². The molecule has 5 rings (SSSR count). The molecular formula is C29H37Cl2N3. The van der Waals surface area contributed by atoms with E-state index < -0.39 is 0 Å². The lowest BCUT2D eigenvalue weighted by Crippen LogP contribution is -2.49. The predicted octanol–water partition coefficient (Wildman–Crippen LogP) is 7.09. The van der Waals surface area contributed by atoms with Crippen LogP contribution >= 0.6 is 24.8 Å². The fraction of sp³-hybridized carbons (Fsp3) is 0.379. The first-order valence-corrected chi connectivity index (χ1v) is 12.0. The summed E-state index contributed by atoms with van der Waals surface area (Å²) in [6.45, 7) is 2.33. The molecule has 0 spiro atoms. The minimum atomic E-state index is 0. The molecular weight excluding hydrogens is 461 g/mol. The second-order valence-corrected chi connectivity index (χ2v) is 9.89. The van der Waals surface area contributed by atoms with Crippen molar-refractivity contribution in [1.29, 1.82) is 0 Å². The maximum atomic E-state index is 3.95. The van der Waals surface area contributed by atoms with Crippen LogP contribution in [0.15, 0.2) is 72.9 Å². The summed E-state index contributed by atoms with van der Waals surface area (Å²) in [5.74, 6) is 0. The molecule has 1 aliphatic carbocycles. The lowest BCUT2D eigenvalue weighted by molar-refractivity contribution is 0.0838. The molecule has 1 aromatic heterocycles. The number of para-hydroxylation sites is 1. The molecule has 1 fully saturated rings. The number of nitrogens with one attached hydrogen (secondary N) is 2. The Hall–Kier alpha value is -2.04. The Morgan fingerprint density at radius 2 is 1.62 bits per heavy atom. The predicted molar refractivity (Wildman–Crippen MR) is 151 cm³/mol. The van der Waals surface area contributed by atoms with Crippen molar-refractivity contribution in [3.05, 3.63) is 84.1 Å². The van der Waals surface area contributed by atoms with E-state index in [4.69, 9.17) is 0 Å². The van der Waals surface area contributed by atoms with Crippen LogP contribution in [0.5, 0.6) is 0 Å². The largest absolute Gasteiger partial charge is 0.361 e. The SMILES string of the molecule is CC(Cc1c[nH]c2ccccc12)NC1CCC(c2ccc3ccccc3c2)(N(C)C)CC1.Cl.Cl. The van der Waals surface area contributed by atoms with Gasteiger partial charge >= 0.3 is 0 Å². The van der Waals surface area contributed by atoms with Gasteiger partial charge in [-0.15, -0.1) is 24.8 Å². The number of aromatic nitrogens is 1. The van der Waals surface area contributed by atoms with Gasteiger partial charge in [0, 0.05) is 34.7 Å². The van der Waals surface area contributed by atoms with Crippen molar-refractivity contribution in [2.75, 3.05) is 14.1 Å². The van der Waals surface area contributed by atoms with Crippen molar-refractivity contribution < 1.29 is 0 Å². The highest BCUT2D eigenvalue weighted by atomic mass is 35.5. The molecule has 0 amide bonds. The maximum absolute atomic E-state index is 3.95. The van der Waals surface area contributed by atoms with Crippen LogP contribution in [0.25, 0.3) is 21.7 Å². The second kappa shape index (κ2) is 11.1. The average Bonchev–Trinajstić information content (AvgIpc) is 3.22. The summed E-state index contributed by atoms with van der Waals surface area (Å²) in [5, 5.41) is 7.97. The standard InChI is InChI=1S/C29H35N3.2ClH/c1-21(18-24-20-30-28-11-7-6-10-27(24)28)31-26-14-16-29(17-15-26,32(2)3)25-13-12-22-8-4-5-9-23(22)19-25;;/h4-13,19-21,26,30-31H,14-18H2,1-3H3;2*1H. The van der Waals surface area contributed by atoms with Crippen molar-refractivity contribution in [3.8, 4) is 0 Å². The summed E-state index contributed by atoms with van der Waals surface area (Å²) in [5.41, 5.74) is 4.24. The van der Waals surface area contributed by atoms with Crippen molar-refractivity contribution in [2.24, 2.45) is 0 Å².